The Morgan fingerprint density at radius 1 is 1.22 bits per heavy atom. The number of nitrogens with zero attached hydrogens (tertiary/aromatic N) is 4. The van der Waals surface area contributed by atoms with Gasteiger partial charge in [-0.25, -0.2) is 4.68 Å². The van der Waals surface area contributed by atoms with Crippen molar-refractivity contribution in [2.45, 2.75) is 4.84 Å². The second-order valence-electron chi connectivity index (χ2n) is 4.96. The van der Waals surface area contributed by atoms with Crippen molar-refractivity contribution in [3.63, 3.8) is 0 Å². The fourth-order valence-electron chi connectivity index (χ4n) is 2.55. The van der Waals surface area contributed by atoms with E-state index in [0.29, 0.717) is 37.8 Å². The number of halogens is 2. The van der Waals surface area contributed by atoms with Gasteiger partial charge in [0.05, 0.1) is 23.8 Å². The van der Waals surface area contributed by atoms with Crippen molar-refractivity contribution in [1.82, 2.24) is 9.78 Å². The summed E-state index contributed by atoms with van der Waals surface area (Å²) in [6.07, 6.45) is 0. The Morgan fingerprint density at radius 2 is 1.87 bits per heavy atom. The smallest absolute Gasteiger partial charge is 0.337 e. The Hall–Kier alpha value is -1.83. The van der Waals surface area contributed by atoms with Crippen LogP contribution in [0.3, 0.4) is 0 Å². The molecule has 3 rings (SSSR count). The van der Waals surface area contributed by atoms with Crippen LogP contribution in [0.15, 0.2) is 30.3 Å². The second kappa shape index (κ2) is 6.74. The highest BCUT2D eigenvalue weighted by molar-refractivity contribution is 6.44. The third-order valence-corrected chi connectivity index (χ3v) is 3.98. The number of para-hydroxylation sites is 1. The fourth-order valence-corrected chi connectivity index (χ4v) is 2.84. The third-order valence-electron chi connectivity index (χ3n) is 3.56. The highest BCUT2D eigenvalue weighted by Gasteiger charge is 2.35. The van der Waals surface area contributed by atoms with Crippen molar-refractivity contribution in [3.8, 4) is 5.69 Å². The predicted octanol–water partition coefficient (Wildman–Crippen LogP) is 3.09. The van der Waals surface area contributed by atoms with E-state index in [0.717, 1.165) is 0 Å². The van der Waals surface area contributed by atoms with E-state index in [4.69, 9.17) is 27.9 Å². The van der Waals surface area contributed by atoms with Gasteiger partial charge in [0, 0.05) is 13.1 Å². The van der Waals surface area contributed by atoms with Crippen LogP contribution in [0.1, 0.15) is 10.5 Å². The van der Waals surface area contributed by atoms with Gasteiger partial charge in [-0.05, 0) is 12.1 Å². The predicted molar refractivity (Wildman–Crippen MR) is 87.7 cm³/mol. The number of benzene rings is 1. The minimum atomic E-state index is -1.08. The van der Waals surface area contributed by atoms with Crippen LogP contribution in [-0.4, -0.2) is 41.0 Å². The van der Waals surface area contributed by atoms with Crippen LogP contribution >= 0.6 is 23.2 Å². The van der Waals surface area contributed by atoms with Crippen LogP contribution in [0.2, 0.25) is 0 Å². The monoisotopic (exact) mass is 356 g/mol. The number of morpholine rings is 1. The summed E-state index contributed by atoms with van der Waals surface area (Å²) in [5.74, 6) is 0.380. The summed E-state index contributed by atoms with van der Waals surface area (Å²) in [5.41, 5.74) is 0.590. The van der Waals surface area contributed by atoms with E-state index in [-0.39, 0.29) is 11.4 Å². The molecular formula is C14H14Cl2N4O3. The van der Waals surface area contributed by atoms with Gasteiger partial charge >= 0.3 is 5.69 Å². The van der Waals surface area contributed by atoms with Crippen molar-refractivity contribution in [2.75, 3.05) is 31.2 Å². The van der Waals surface area contributed by atoms with Gasteiger partial charge in [0.15, 0.2) is 10.5 Å². The average molecular weight is 357 g/mol. The van der Waals surface area contributed by atoms with Crippen molar-refractivity contribution in [3.05, 3.63) is 46.1 Å². The molecule has 0 amide bonds. The van der Waals surface area contributed by atoms with Crippen molar-refractivity contribution in [1.29, 1.82) is 0 Å². The zero-order valence-corrected chi connectivity index (χ0v) is 13.6. The van der Waals surface area contributed by atoms with Crippen molar-refractivity contribution >= 4 is 34.7 Å². The van der Waals surface area contributed by atoms with E-state index in [1.807, 2.05) is 35.2 Å². The number of alkyl halides is 2. The fraction of sp³-hybridized carbons (Fsp3) is 0.357. The maximum Gasteiger partial charge on any atom is 0.337 e. The lowest BCUT2D eigenvalue weighted by molar-refractivity contribution is -0.384. The van der Waals surface area contributed by atoms with Crippen LogP contribution in [-0.2, 0) is 4.74 Å². The molecule has 1 saturated heterocycles. The van der Waals surface area contributed by atoms with Crippen LogP contribution in [0.4, 0.5) is 11.5 Å². The van der Waals surface area contributed by atoms with Gasteiger partial charge in [0.1, 0.15) is 0 Å². The number of aromatic nitrogens is 2. The Bertz CT molecular complexity index is 700. The molecule has 23 heavy (non-hydrogen) atoms. The molecule has 1 aromatic heterocycles. The lowest BCUT2D eigenvalue weighted by Gasteiger charge is -2.28. The molecule has 2 aromatic rings. The Balaban J connectivity index is 2.21. The molecule has 1 aliphatic rings. The van der Waals surface area contributed by atoms with E-state index in [1.54, 1.807) is 0 Å². The van der Waals surface area contributed by atoms with Crippen molar-refractivity contribution < 1.29 is 9.66 Å². The van der Waals surface area contributed by atoms with Gasteiger partial charge in [-0.1, -0.05) is 41.4 Å². The lowest BCUT2D eigenvalue weighted by Crippen LogP contribution is -2.37. The first-order chi connectivity index (χ1) is 11.1. The molecule has 122 valence electrons. The van der Waals surface area contributed by atoms with E-state index < -0.39 is 9.76 Å². The van der Waals surface area contributed by atoms with E-state index >= 15 is 0 Å². The minimum absolute atomic E-state index is 0.0451. The van der Waals surface area contributed by atoms with Gasteiger partial charge in [0.25, 0.3) is 0 Å². The maximum absolute atomic E-state index is 11.6. The minimum Gasteiger partial charge on any atom is -0.378 e. The average Bonchev–Trinajstić information content (AvgIpc) is 2.97. The lowest BCUT2D eigenvalue weighted by atomic mass is 10.3. The topological polar surface area (TPSA) is 73.4 Å². The SMILES string of the molecule is O=[N+]([O-])c1c(C(Cl)Cl)nn(-c2ccccc2)c1N1CCOCC1. The van der Waals surface area contributed by atoms with Crippen LogP contribution in [0.25, 0.3) is 5.69 Å². The molecule has 0 spiro atoms. The molecule has 0 atom stereocenters. The van der Waals surface area contributed by atoms with Gasteiger partial charge < -0.3 is 9.64 Å². The van der Waals surface area contributed by atoms with Crippen molar-refractivity contribution in [2.24, 2.45) is 0 Å². The standard InChI is InChI=1S/C14H14Cl2N4O3/c15-13(16)11-12(20(21)22)14(18-6-8-23-9-7-18)19(17-11)10-4-2-1-3-5-10/h1-5,13H,6-9H2. The molecule has 0 saturated carbocycles. The Kier molecular flexibility index (Phi) is 4.70. The summed E-state index contributed by atoms with van der Waals surface area (Å²) in [6, 6.07) is 9.18. The molecule has 0 N–H and O–H groups in total. The third kappa shape index (κ3) is 3.12. The van der Waals surface area contributed by atoms with Gasteiger partial charge in [-0.2, -0.15) is 5.10 Å². The number of hydrogen-bond acceptors (Lipinski definition) is 5. The molecule has 2 heterocycles. The number of anilines is 1. The maximum atomic E-state index is 11.6. The van der Waals surface area contributed by atoms with E-state index in [9.17, 15) is 10.1 Å². The molecule has 0 bridgehead atoms. The van der Waals surface area contributed by atoms with Crippen LogP contribution in [0.5, 0.6) is 0 Å². The molecule has 1 aromatic carbocycles. The summed E-state index contributed by atoms with van der Waals surface area (Å²) in [4.78, 5) is 11.9. The highest BCUT2D eigenvalue weighted by Crippen LogP contribution is 2.40. The quantitative estimate of drug-likeness (QED) is 0.478. The zero-order valence-electron chi connectivity index (χ0n) is 12.1. The first kappa shape index (κ1) is 16.0. The molecule has 1 fully saturated rings. The van der Waals surface area contributed by atoms with E-state index in [2.05, 4.69) is 5.10 Å². The molecule has 7 nitrogen and oxygen atoms in total. The zero-order chi connectivity index (χ0) is 16.4. The highest BCUT2D eigenvalue weighted by atomic mass is 35.5. The van der Waals surface area contributed by atoms with Gasteiger partial charge in [-0.3, -0.25) is 10.1 Å². The first-order valence-corrected chi connectivity index (χ1v) is 7.90. The number of rotatable bonds is 4. The molecule has 9 heteroatoms. The summed E-state index contributed by atoms with van der Waals surface area (Å²) < 4.78 is 6.85. The number of ether oxygens (including phenoxy) is 1. The molecular weight excluding hydrogens is 343 g/mol. The van der Waals surface area contributed by atoms with E-state index in [1.165, 1.54) is 4.68 Å². The van der Waals surface area contributed by atoms with Gasteiger partial charge in [0.2, 0.25) is 5.82 Å². The second-order valence-corrected chi connectivity index (χ2v) is 6.06. The number of nitro groups is 1. The Morgan fingerprint density at radius 3 is 2.43 bits per heavy atom. The molecule has 0 aliphatic carbocycles. The van der Waals surface area contributed by atoms with Gasteiger partial charge in [-0.15, -0.1) is 0 Å². The summed E-state index contributed by atoms with van der Waals surface area (Å²) in [7, 11) is 0. The number of hydrogen-bond donors (Lipinski definition) is 0. The summed E-state index contributed by atoms with van der Waals surface area (Å²) >= 11 is 11.8. The largest absolute Gasteiger partial charge is 0.378 e. The molecule has 0 unspecified atom stereocenters. The Labute approximate surface area is 142 Å². The normalized spacial score (nSPS) is 15.2. The molecule has 1 aliphatic heterocycles. The molecule has 0 radical (unpaired) electrons. The first-order valence-electron chi connectivity index (χ1n) is 7.03. The van der Waals surface area contributed by atoms with Crippen LogP contribution in [0, 0.1) is 10.1 Å². The summed E-state index contributed by atoms with van der Waals surface area (Å²) in [5, 5.41) is 15.9. The summed E-state index contributed by atoms with van der Waals surface area (Å²) in [6.45, 7) is 2.07. The van der Waals surface area contributed by atoms with Crippen LogP contribution < -0.4 is 4.90 Å².